The Morgan fingerprint density at radius 3 is 1.57 bits per heavy atom. The van der Waals surface area contributed by atoms with Gasteiger partial charge in [-0.05, 0) is 77.0 Å². The molecule has 54 heavy (non-hydrogen) atoms. The molecule has 0 bridgehead atoms. The van der Waals surface area contributed by atoms with Gasteiger partial charge in [0.2, 0.25) is 0 Å². The van der Waals surface area contributed by atoms with Crippen molar-refractivity contribution in [2.45, 2.75) is 174 Å². The molecule has 0 aliphatic heterocycles. The van der Waals surface area contributed by atoms with Crippen molar-refractivity contribution in [2.24, 2.45) is 0 Å². The van der Waals surface area contributed by atoms with E-state index in [0.717, 1.165) is 64.2 Å². The summed E-state index contributed by atoms with van der Waals surface area (Å²) >= 11 is 0. The van der Waals surface area contributed by atoms with Gasteiger partial charge in [-0.3, -0.25) is 18.6 Å². The van der Waals surface area contributed by atoms with Crippen LogP contribution in [0.2, 0.25) is 0 Å². The molecule has 0 saturated heterocycles. The number of hydrogen-bond donors (Lipinski definition) is 1. The Morgan fingerprint density at radius 1 is 0.574 bits per heavy atom. The Bertz CT molecular complexity index is 1070. The van der Waals surface area contributed by atoms with Gasteiger partial charge in [-0.25, -0.2) is 4.57 Å². The Hall–Kier alpha value is -2.03. The van der Waals surface area contributed by atoms with Crippen molar-refractivity contribution in [3.8, 4) is 0 Å². The first-order chi connectivity index (χ1) is 26.0. The predicted octanol–water partition coefficient (Wildman–Crippen LogP) is 11.9. The fraction of sp³-hybridized carbons (Fsp3) is 0.773. The molecule has 1 N–H and O–H groups in total. The van der Waals surface area contributed by atoms with Crippen LogP contribution in [-0.2, 0) is 32.7 Å². The van der Waals surface area contributed by atoms with Gasteiger partial charge >= 0.3 is 19.8 Å². The van der Waals surface area contributed by atoms with Gasteiger partial charge in [0.1, 0.15) is 19.8 Å². The number of phosphoric acid groups is 1. The number of hydrogen-bond acceptors (Lipinski definition) is 7. The summed E-state index contributed by atoms with van der Waals surface area (Å²) in [4.78, 5) is 35.3. The monoisotopic (exact) mass is 783 g/mol. The van der Waals surface area contributed by atoms with Crippen molar-refractivity contribution >= 4 is 19.8 Å². The zero-order valence-corrected chi connectivity index (χ0v) is 36.1. The average molecular weight is 783 g/mol. The minimum atomic E-state index is -4.38. The summed E-state index contributed by atoms with van der Waals surface area (Å²) in [6.45, 7) is 4.32. The maximum absolute atomic E-state index is 12.7. The van der Waals surface area contributed by atoms with E-state index in [2.05, 4.69) is 62.5 Å². The molecule has 0 rings (SSSR count). The van der Waals surface area contributed by atoms with E-state index in [-0.39, 0.29) is 26.1 Å². The second-order valence-corrected chi connectivity index (χ2v) is 16.8. The molecule has 9 nitrogen and oxygen atoms in total. The zero-order valence-electron chi connectivity index (χ0n) is 35.2. The number of carbonyl (C=O) groups excluding carboxylic acids is 2. The van der Waals surface area contributed by atoms with Crippen LogP contribution in [0.3, 0.4) is 0 Å². The molecule has 0 saturated carbocycles. The van der Waals surface area contributed by atoms with Gasteiger partial charge in [0.25, 0.3) is 0 Å². The molecule has 0 radical (unpaired) electrons. The van der Waals surface area contributed by atoms with Gasteiger partial charge in [0.15, 0.2) is 6.10 Å². The average Bonchev–Trinajstić information content (AvgIpc) is 3.12. The van der Waals surface area contributed by atoms with Crippen LogP contribution < -0.4 is 0 Å². The van der Waals surface area contributed by atoms with Gasteiger partial charge in [-0.2, -0.15) is 0 Å². The first kappa shape index (κ1) is 52.0. The molecule has 314 valence electrons. The molecule has 2 unspecified atom stereocenters. The highest BCUT2D eigenvalue weighted by Gasteiger charge is 2.27. The highest BCUT2D eigenvalue weighted by molar-refractivity contribution is 7.47. The van der Waals surface area contributed by atoms with E-state index in [1.165, 1.54) is 64.2 Å². The molecule has 0 fully saturated rings. The van der Waals surface area contributed by atoms with Crippen LogP contribution in [0.15, 0.2) is 48.6 Å². The van der Waals surface area contributed by atoms with E-state index in [9.17, 15) is 19.0 Å². The molecule has 0 aromatic rings. The summed E-state index contributed by atoms with van der Waals surface area (Å²) in [5.41, 5.74) is 0. The minimum absolute atomic E-state index is 0.0228. The van der Waals surface area contributed by atoms with E-state index in [0.29, 0.717) is 23.9 Å². The van der Waals surface area contributed by atoms with E-state index in [4.69, 9.17) is 18.5 Å². The lowest BCUT2D eigenvalue weighted by Crippen LogP contribution is -2.37. The molecule has 0 aliphatic carbocycles. The van der Waals surface area contributed by atoms with E-state index in [1.807, 2.05) is 21.1 Å². The number of likely N-dealkylation sites (N-methyl/N-ethyl adjacent to an activating group) is 1. The summed E-state index contributed by atoms with van der Waals surface area (Å²) in [5, 5.41) is 0. The Morgan fingerprint density at radius 2 is 1.00 bits per heavy atom. The molecule has 10 heteroatoms. The van der Waals surface area contributed by atoms with Crippen molar-refractivity contribution in [1.82, 2.24) is 0 Å². The predicted molar refractivity (Wildman–Crippen MR) is 224 cm³/mol. The summed E-state index contributed by atoms with van der Waals surface area (Å²) in [6, 6.07) is 0. The summed E-state index contributed by atoms with van der Waals surface area (Å²) in [6.07, 6.45) is 41.6. The lowest BCUT2D eigenvalue weighted by molar-refractivity contribution is -0.870. The molecule has 0 amide bonds. The molecule has 2 atom stereocenters. The summed E-state index contributed by atoms with van der Waals surface area (Å²) in [5.74, 6) is -0.856. The van der Waals surface area contributed by atoms with Crippen LogP contribution >= 0.6 is 7.82 Å². The largest absolute Gasteiger partial charge is 0.472 e. The van der Waals surface area contributed by atoms with Crippen LogP contribution in [0.1, 0.15) is 168 Å². The van der Waals surface area contributed by atoms with E-state index >= 15 is 0 Å². The van der Waals surface area contributed by atoms with Gasteiger partial charge in [0.05, 0.1) is 27.7 Å². The normalized spacial score (nSPS) is 14.1. The van der Waals surface area contributed by atoms with Crippen LogP contribution in [0.25, 0.3) is 0 Å². The third-order valence-corrected chi connectivity index (χ3v) is 9.82. The molecule has 0 aliphatic rings. The molecular formula is C44H81NO8P+. The molecule has 0 heterocycles. The standard InChI is InChI=1S/C44H80NO8P/c1-6-8-10-12-14-16-18-20-22-24-26-28-30-32-34-36-43(46)50-40-42(41-52-54(48,49)51-39-38-45(3,4)5)53-44(47)37-35-33-31-29-27-25-23-21-19-17-15-13-11-9-7-2/h14,16,20-23,26,28,42H,6-13,15,17-19,24-25,27,29-41H2,1-5H3/p+1/b16-14-,22-20-,23-21-,28-26-. The van der Waals surface area contributed by atoms with E-state index in [1.54, 1.807) is 0 Å². The van der Waals surface area contributed by atoms with Crippen molar-refractivity contribution in [3.63, 3.8) is 0 Å². The number of phosphoric ester groups is 1. The van der Waals surface area contributed by atoms with Gasteiger partial charge in [-0.15, -0.1) is 0 Å². The summed E-state index contributed by atoms with van der Waals surface area (Å²) < 4.78 is 34.2. The molecule has 0 spiro atoms. The van der Waals surface area contributed by atoms with Crippen LogP contribution in [0.4, 0.5) is 0 Å². The number of quaternary nitrogens is 1. The van der Waals surface area contributed by atoms with Crippen molar-refractivity contribution in [3.05, 3.63) is 48.6 Å². The maximum Gasteiger partial charge on any atom is 0.472 e. The smallest absolute Gasteiger partial charge is 0.462 e. The highest BCUT2D eigenvalue weighted by Crippen LogP contribution is 2.43. The van der Waals surface area contributed by atoms with Gasteiger partial charge < -0.3 is 18.9 Å². The molecular weight excluding hydrogens is 701 g/mol. The quantitative estimate of drug-likeness (QED) is 0.0217. The maximum atomic E-state index is 12.7. The van der Waals surface area contributed by atoms with Gasteiger partial charge in [0, 0.05) is 12.8 Å². The summed E-state index contributed by atoms with van der Waals surface area (Å²) in [7, 11) is 1.44. The topological polar surface area (TPSA) is 108 Å². The number of allylic oxidation sites excluding steroid dienone is 8. The SMILES string of the molecule is CCCCC/C=C\C/C=C\C/C=C\CCCCC(=O)OCC(COP(=O)(O)OCC[N+](C)(C)C)OC(=O)CCCCCCC/C=C\CCCCCCCC. The number of ether oxygens (including phenoxy) is 2. The lowest BCUT2D eigenvalue weighted by atomic mass is 10.1. The third-order valence-electron chi connectivity index (χ3n) is 8.83. The van der Waals surface area contributed by atoms with Crippen LogP contribution in [-0.4, -0.2) is 74.9 Å². The number of unbranched alkanes of at least 4 members (excludes halogenated alkanes) is 16. The first-order valence-corrected chi connectivity index (χ1v) is 22.9. The molecule has 0 aromatic carbocycles. The first-order valence-electron chi connectivity index (χ1n) is 21.4. The number of rotatable bonds is 38. The second kappa shape index (κ2) is 36.6. The van der Waals surface area contributed by atoms with Crippen LogP contribution in [0.5, 0.6) is 0 Å². The van der Waals surface area contributed by atoms with E-state index < -0.39 is 32.5 Å². The van der Waals surface area contributed by atoms with Crippen LogP contribution in [0, 0.1) is 0 Å². The fourth-order valence-corrected chi connectivity index (χ4v) is 6.17. The number of nitrogens with zero attached hydrogens (tertiary/aromatic N) is 1. The number of carbonyl (C=O) groups is 2. The Kier molecular flexibility index (Phi) is 35.2. The van der Waals surface area contributed by atoms with Gasteiger partial charge in [-0.1, -0.05) is 127 Å². The van der Waals surface area contributed by atoms with Crippen molar-refractivity contribution < 1.29 is 42.1 Å². The second-order valence-electron chi connectivity index (χ2n) is 15.4. The Balaban J connectivity index is 4.47. The minimum Gasteiger partial charge on any atom is -0.462 e. The fourth-order valence-electron chi connectivity index (χ4n) is 5.43. The highest BCUT2D eigenvalue weighted by atomic mass is 31.2. The van der Waals surface area contributed by atoms with Crippen molar-refractivity contribution in [2.75, 3.05) is 47.5 Å². The third kappa shape index (κ3) is 39.7. The zero-order chi connectivity index (χ0) is 40.0. The Labute approximate surface area is 331 Å². The van der Waals surface area contributed by atoms with Crippen molar-refractivity contribution in [1.29, 1.82) is 0 Å². The lowest BCUT2D eigenvalue weighted by Gasteiger charge is -2.24. The molecule has 0 aromatic heterocycles. The number of esters is 2.